The number of likely N-dealkylation sites (tertiary alicyclic amines) is 1. The minimum absolute atomic E-state index is 0.200. The molecule has 4 nitrogen and oxygen atoms in total. The van der Waals surface area contributed by atoms with Crippen molar-refractivity contribution in [3.8, 4) is 0 Å². The first kappa shape index (κ1) is 12.5. The summed E-state index contributed by atoms with van der Waals surface area (Å²) in [5.74, 6) is 5.76. The highest BCUT2D eigenvalue weighted by Crippen LogP contribution is 2.22. The minimum atomic E-state index is -0.200. The summed E-state index contributed by atoms with van der Waals surface area (Å²) in [6.45, 7) is 5.59. The first-order chi connectivity index (χ1) is 8.19. The molecular weight excluding hydrogens is 234 g/mol. The zero-order chi connectivity index (χ0) is 12.3. The van der Waals surface area contributed by atoms with Gasteiger partial charge in [0.2, 0.25) is 0 Å². The summed E-state index contributed by atoms with van der Waals surface area (Å²) < 4.78 is 0. The fourth-order valence-electron chi connectivity index (χ4n) is 2.10. The van der Waals surface area contributed by atoms with Crippen LogP contribution in [0.5, 0.6) is 0 Å². The molecule has 1 aromatic rings. The van der Waals surface area contributed by atoms with Crippen LogP contribution in [0.2, 0.25) is 0 Å². The van der Waals surface area contributed by atoms with E-state index in [1.807, 2.05) is 12.1 Å². The molecule has 0 saturated carbocycles. The first-order valence-corrected chi connectivity index (χ1v) is 6.82. The quantitative estimate of drug-likeness (QED) is 0.488. The summed E-state index contributed by atoms with van der Waals surface area (Å²) in [6.07, 6.45) is 2.56. The first-order valence-electron chi connectivity index (χ1n) is 6.01. The Morgan fingerprint density at radius 2 is 2.24 bits per heavy atom. The molecule has 3 N–H and O–H groups in total. The van der Waals surface area contributed by atoms with Gasteiger partial charge in [0, 0.05) is 11.4 Å². The van der Waals surface area contributed by atoms with Crippen molar-refractivity contribution in [2.24, 2.45) is 11.8 Å². The average Bonchev–Trinajstić information content (AvgIpc) is 2.80. The highest BCUT2D eigenvalue weighted by molar-refractivity contribution is 7.14. The van der Waals surface area contributed by atoms with Crippen molar-refractivity contribution in [1.82, 2.24) is 10.3 Å². The molecule has 2 heterocycles. The van der Waals surface area contributed by atoms with Crippen LogP contribution in [-0.2, 0) is 6.54 Å². The lowest BCUT2D eigenvalue weighted by atomic mass is 9.99. The smallest absolute Gasteiger partial charge is 0.275 e. The zero-order valence-electron chi connectivity index (χ0n) is 10.1. The van der Waals surface area contributed by atoms with Gasteiger partial charge in [0.15, 0.2) is 0 Å². The number of carbonyl (C=O) groups is 1. The van der Waals surface area contributed by atoms with Gasteiger partial charge in [0.25, 0.3) is 5.91 Å². The molecule has 1 amide bonds. The number of rotatable bonds is 3. The van der Waals surface area contributed by atoms with Crippen molar-refractivity contribution in [3.63, 3.8) is 0 Å². The highest BCUT2D eigenvalue weighted by Gasteiger charge is 2.16. The molecular formula is C12H19N3OS. The van der Waals surface area contributed by atoms with E-state index in [1.165, 1.54) is 29.1 Å². The molecule has 0 aromatic carbocycles. The van der Waals surface area contributed by atoms with Crippen LogP contribution in [0.25, 0.3) is 0 Å². The molecule has 2 rings (SSSR count). The van der Waals surface area contributed by atoms with Gasteiger partial charge in [-0.05, 0) is 44.0 Å². The molecule has 1 fully saturated rings. The van der Waals surface area contributed by atoms with Crippen LogP contribution in [0.15, 0.2) is 12.1 Å². The third-order valence-corrected chi connectivity index (χ3v) is 4.34. The maximum Gasteiger partial charge on any atom is 0.275 e. The molecule has 1 aromatic heterocycles. The van der Waals surface area contributed by atoms with Crippen molar-refractivity contribution < 1.29 is 4.79 Å². The molecule has 0 unspecified atom stereocenters. The monoisotopic (exact) mass is 253 g/mol. The lowest BCUT2D eigenvalue weighted by molar-refractivity contribution is 0.0957. The molecule has 1 saturated heterocycles. The van der Waals surface area contributed by atoms with Crippen molar-refractivity contribution in [1.29, 1.82) is 0 Å². The zero-order valence-corrected chi connectivity index (χ0v) is 10.9. The molecule has 0 spiro atoms. The van der Waals surface area contributed by atoms with Crippen LogP contribution >= 0.6 is 11.3 Å². The van der Waals surface area contributed by atoms with Crippen LogP contribution in [0.1, 0.15) is 34.3 Å². The van der Waals surface area contributed by atoms with E-state index >= 15 is 0 Å². The Morgan fingerprint density at radius 1 is 1.53 bits per heavy atom. The Morgan fingerprint density at radius 3 is 2.88 bits per heavy atom. The SMILES string of the molecule is CC1CCN(Cc2ccc(C(=O)NN)s2)CC1. The fraction of sp³-hybridized carbons (Fsp3) is 0.583. The molecule has 1 aliphatic heterocycles. The number of piperidine rings is 1. The van der Waals surface area contributed by atoms with Gasteiger partial charge in [0.05, 0.1) is 4.88 Å². The fourth-order valence-corrected chi connectivity index (χ4v) is 3.05. The van der Waals surface area contributed by atoms with Gasteiger partial charge in [-0.15, -0.1) is 11.3 Å². The van der Waals surface area contributed by atoms with Gasteiger partial charge >= 0.3 is 0 Å². The van der Waals surface area contributed by atoms with E-state index in [0.29, 0.717) is 4.88 Å². The number of nitrogens with one attached hydrogen (secondary N) is 1. The molecule has 94 valence electrons. The second-order valence-corrected chi connectivity index (χ2v) is 5.87. The maximum absolute atomic E-state index is 11.3. The lowest BCUT2D eigenvalue weighted by Crippen LogP contribution is -2.32. The standard InChI is InChI=1S/C12H19N3OS/c1-9-4-6-15(7-5-9)8-10-2-3-11(17-10)12(16)14-13/h2-3,9H,4-8,13H2,1H3,(H,14,16). The van der Waals surface area contributed by atoms with Gasteiger partial charge in [0.1, 0.15) is 0 Å². The number of nitrogens with two attached hydrogens (primary N) is 1. The summed E-state index contributed by atoms with van der Waals surface area (Å²) in [5.41, 5.74) is 2.16. The molecule has 0 aliphatic carbocycles. The number of hydrazine groups is 1. The second kappa shape index (κ2) is 5.62. The van der Waals surface area contributed by atoms with Gasteiger partial charge in [-0.2, -0.15) is 0 Å². The topological polar surface area (TPSA) is 58.4 Å². The van der Waals surface area contributed by atoms with Crippen LogP contribution in [0.3, 0.4) is 0 Å². The third-order valence-electron chi connectivity index (χ3n) is 3.27. The second-order valence-electron chi connectivity index (χ2n) is 4.70. The number of thiophene rings is 1. The molecule has 1 aliphatic rings. The normalized spacial score (nSPS) is 18.2. The van der Waals surface area contributed by atoms with Gasteiger partial charge in [-0.1, -0.05) is 6.92 Å². The predicted molar refractivity (Wildman–Crippen MR) is 69.6 cm³/mol. The Kier molecular flexibility index (Phi) is 4.15. The molecule has 0 radical (unpaired) electrons. The van der Waals surface area contributed by atoms with E-state index in [0.717, 1.165) is 25.6 Å². The van der Waals surface area contributed by atoms with Gasteiger partial charge in [-0.25, -0.2) is 5.84 Å². The van der Waals surface area contributed by atoms with E-state index in [4.69, 9.17) is 5.84 Å². The van der Waals surface area contributed by atoms with Crippen LogP contribution < -0.4 is 11.3 Å². The summed E-state index contributed by atoms with van der Waals surface area (Å²) in [5, 5.41) is 0. The Labute approximate surface area is 106 Å². The summed E-state index contributed by atoms with van der Waals surface area (Å²) in [6, 6.07) is 3.86. The predicted octanol–water partition coefficient (Wildman–Crippen LogP) is 1.58. The number of hydrogen-bond donors (Lipinski definition) is 2. The highest BCUT2D eigenvalue weighted by atomic mass is 32.1. The van der Waals surface area contributed by atoms with Crippen molar-refractivity contribution in [3.05, 3.63) is 21.9 Å². The largest absolute Gasteiger partial charge is 0.298 e. The number of carbonyl (C=O) groups excluding carboxylic acids is 1. The minimum Gasteiger partial charge on any atom is -0.298 e. The van der Waals surface area contributed by atoms with E-state index < -0.39 is 0 Å². The summed E-state index contributed by atoms with van der Waals surface area (Å²) in [4.78, 5) is 15.7. The molecule has 5 heteroatoms. The average molecular weight is 253 g/mol. The number of nitrogen functional groups attached to an aromatic ring is 1. The Bertz CT molecular complexity index is 383. The third kappa shape index (κ3) is 3.28. The number of hydrogen-bond acceptors (Lipinski definition) is 4. The number of nitrogens with zero attached hydrogens (tertiary/aromatic N) is 1. The van der Waals surface area contributed by atoms with Crippen molar-refractivity contribution in [2.45, 2.75) is 26.3 Å². The van der Waals surface area contributed by atoms with E-state index in [9.17, 15) is 4.79 Å². The van der Waals surface area contributed by atoms with Crippen LogP contribution in [0.4, 0.5) is 0 Å². The van der Waals surface area contributed by atoms with Crippen LogP contribution in [0, 0.1) is 5.92 Å². The summed E-state index contributed by atoms with van der Waals surface area (Å²) >= 11 is 1.53. The maximum atomic E-state index is 11.3. The van der Waals surface area contributed by atoms with Crippen molar-refractivity contribution in [2.75, 3.05) is 13.1 Å². The van der Waals surface area contributed by atoms with E-state index in [1.54, 1.807) is 0 Å². The lowest BCUT2D eigenvalue weighted by Gasteiger charge is -2.29. The van der Waals surface area contributed by atoms with Crippen LogP contribution in [-0.4, -0.2) is 23.9 Å². The van der Waals surface area contributed by atoms with Crippen molar-refractivity contribution >= 4 is 17.2 Å². The summed E-state index contributed by atoms with van der Waals surface area (Å²) in [7, 11) is 0. The molecule has 0 bridgehead atoms. The Hall–Kier alpha value is -0.910. The molecule has 0 atom stereocenters. The Balaban J connectivity index is 1.90. The van der Waals surface area contributed by atoms with E-state index in [-0.39, 0.29) is 5.91 Å². The number of amides is 1. The van der Waals surface area contributed by atoms with Gasteiger partial charge in [-0.3, -0.25) is 15.1 Å². The molecule has 17 heavy (non-hydrogen) atoms. The van der Waals surface area contributed by atoms with E-state index in [2.05, 4.69) is 17.2 Å². The van der Waals surface area contributed by atoms with Gasteiger partial charge < -0.3 is 0 Å².